The predicted molar refractivity (Wildman–Crippen MR) is 64.3 cm³/mol. The first-order valence-corrected chi connectivity index (χ1v) is 5.66. The summed E-state index contributed by atoms with van der Waals surface area (Å²) in [4.78, 5) is 4.01. The molecule has 0 aliphatic heterocycles. The van der Waals surface area contributed by atoms with Gasteiger partial charge in [-0.25, -0.2) is 4.68 Å². The van der Waals surface area contributed by atoms with Crippen molar-refractivity contribution in [2.75, 3.05) is 11.6 Å². The van der Waals surface area contributed by atoms with Crippen LogP contribution in [-0.4, -0.2) is 25.6 Å². The number of hydrogen-bond acceptors (Lipinski definition) is 5. The van der Waals surface area contributed by atoms with E-state index in [-0.39, 0.29) is 0 Å². The van der Waals surface area contributed by atoms with E-state index in [0.29, 0.717) is 11.0 Å². The molecule has 0 unspecified atom stereocenters. The van der Waals surface area contributed by atoms with Crippen LogP contribution in [0.25, 0.3) is 11.4 Å². The first kappa shape index (κ1) is 10.7. The Bertz CT molecular complexity index is 479. The summed E-state index contributed by atoms with van der Waals surface area (Å²) < 4.78 is 1.46. The van der Waals surface area contributed by atoms with Crippen molar-refractivity contribution in [2.45, 2.75) is 5.16 Å². The molecule has 6 heteroatoms. The summed E-state index contributed by atoms with van der Waals surface area (Å²) in [5, 5.41) is 8.70. The van der Waals surface area contributed by atoms with Crippen LogP contribution < -0.4 is 5.84 Å². The highest BCUT2D eigenvalue weighted by Gasteiger charge is 2.10. The van der Waals surface area contributed by atoms with Crippen molar-refractivity contribution in [3.63, 3.8) is 0 Å². The zero-order chi connectivity index (χ0) is 11.4. The molecule has 2 N–H and O–H groups in total. The summed E-state index contributed by atoms with van der Waals surface area (Å²) in [6, 6.07) is 3.73. The maximum absolute atomic E-state index is 5.88. The van der Waals surface area contributed by atoms with Gasteiger partial charge in [0.1, 0.15) is 0 Å². The van der Waals surface area contributed by atoms with Crippen LogP contribution in [0.5, 0.6) is 0 Å². The number of rotatable bonds is 4. The van der Waals surface area contributed by atoms with Gasteiger partial charge in [0.25, 0.3) is 0 Å². The average Bonchev–Trinajstić information content (AvgIpc) is 2.69. The molecule has 0 aliphatic carbocycles. The van der Waals surface area contributed by atoms with Gasteiger partial charge >= 0.3 is 0 Å². The van der Waals surface area contributed by atoms with E-state index in [2.05, 4.69) is 21.8 Å². The largest absolute Gasteiger partial charge is 0.335 e. The van der Waals surface area contributed by atoms with E-state index in [1.165, 1.54) is 16.4 Å². The number of hydrogen-bond donors (Lipinski definition) is 1. The van der Waals surface area contributed by atoms with Crippen molar-refractivity contribution in [3.05, 3.63) is 37.2 Å². The van der Waals surface area contributed by atoms with Crippen molar-refractivity contribution < 1.29 is 0 Å². The summed E-state index contributed by atoms with van der Waals surface area (Å²) in [7, 11) is 0. The standard InChI is InChI=1S/C10H11N5S/c1-2-6-16-10-14-13-9(15(10)11)8-4-3-5-12-7-8/h2-5,7H,1,6,11H2. The molecule has 5 nitrogen and oxygen atoms in total. The summed E-state index contributed by atoms with van der Waals surface area (Å²) >= 11 is 1.49. The van der Waals surface area contributed by atoms with Gasteiger partial charge in [-0.1, -0.05) is 17.8 Å². The Kier molecular flexibility index (Phi) is 3.21. The number of aromatic nitrogens is 4. The smallest absolute Gasteiger partial charge is 0.210 e. The van der Waals surface area contributed by atoms with Crippen LogP contribution in [-0.2, 0) is 0 Å². The molecule has 0 atom stereocenters. The number of nitrogens with zero attached hydrogens (tertiary/aromatic N) is 4. The third-order valence-corrected chi connectivity index (χ3v) is 2.85. The minimum absolute atomic E-state index is 0.611. The highest BCUT2D eigenvalue weighted by atomic mass is 32.2. The minimum atomic E-state index is 0.611. The monoisotopic (exact) mass is 233 g/mol. The third-order valence-electron chi connectivity index (χ3n) is 1.91. The molecule has 0 spiro atoms. The molecule has 82 valence electrons. The fraction of sp³-hybridized carbons (Fsp3) is 0.100. The Labute approximate surface area is 97.4 Å². The van der Waals surface area contributed by atoms with Crippen LogP contribution in [0.1, 0.15) is 0 Å². The predicted octanol–water partition coefficient (Wildman–Crippen LogP) is 1.33. The van der Waals surface area contributed by atoms with Gasteiger partial charge in [-0.2, -0.15) is 0 Å². The molecule has 2 rings (SSSR count). The quantitative estimate of drug-likeness (QED) is 0.490. The number of nitrogens with two attached hydrogens (primary N) is 1. The SMILES string of the molecule is C=CCSc1nnc(-c2cccnc2)n1N. The highest BCUT2D eigenvalue weighted by molar-refractivity contribution is 7.99. The Balaban J connectivity index is 2.30. The molecule has 0 saturated carbocycles. The van der Waals surface area contributed by atoms with Crippen molar-refractivity contribution >= 4 is 11.8 Å². The molecule has 0 saturated heterocycles. The van der Waals surface area contributed by atoms with Crippen molar-refractivity contribution in [2.24, 2.45) is 0 Å². The van der Waals surface area contributed by atoms with Gasteiger partial charge in [0, 0.05) is 23.7 Å². The lowest BCUT2D eigenvalue weighted by atomic mass is 10.3. The fourth-order valence-electron chi connectivity index (χ4n) is 1.20. The van der Waals surface area contributed by atoms with Crippen LogP contribution in [0.3, 0.4) is 0 Å². The van der Waals surface area contributed by atoms with Crippen LogP contribution in [0.2, 0.25) is 0 Å². The van der Waals surface area contributed by atoms with Crippen LogP contribution in [0.4, 0.5) is 0 Å². The van der Waals surface area contributed by atoms with E-state index in [0.717, 1.165) is 11.3 Å². The molecule has 0 fully saturated rings. The number of pyridine rings is 1. The van der Waals surface area contributed by atoms with Gasteiger partial charge in [0.15, 0.2) is 5.82 Å². The lowest BCUT2D eigenvalue weighted by Crippen LogP contribution is -2.11. The zero-order valence-electron chi connectivity index (χ0n) is 8.58. The topological polar surface area (TPSA) is 69.6 Å². The third kappa shape index (κ3) is 2.06. The molecule has 2 aromatic heterocycles. The lowest BCUT2D eigenvalue weighted by molar-refractivity contribution is 0.851. The van der Waals surface area contributed by atoms with Gasteiger partial charge in [-0.05, 0) is 12.1 Å². The molecule has 0 bridgehead atoms. The van der Waals surface area contributed by atoms with E-state index >= 15 is 0 Å². The number of nitrogen functional groups attached to an aromatic ring is 1. The molecular formula is C10H11N5S. The van der Waals surface area contributed by atoms with Gasteiger partial charge in [-0.3, -0.25) is 4.98 Å². The van der Waals surface area contributed by atoms with E-state index in [9.17, 15) is 0 Å². The summed E-state index contributed by atoms with van der Waals surface area (Å²) in [6.07, 6.45) is 5.20. The van der Waals surface area contributed by atoms with Gasteiger partial charge in [0.2, 0.25) is 5.16 Å². The van der Waals surface area contributed by atoms with Gasteiger partial charge < -0.3 is 5.84 Å². The molecule has 2 aromatic rings. The Morgan fingerprint density at radius 2 is 2.38 bits per heavy atom. The summed E-state index contributed by atoms with van der Waals surface area (Å²) in [6.45, 7) is 3.64. The lowest BCUT2D eigenvalue weighted by Gasteiger charge is -2.01. The molecule has 0 radical (unpaired) electrons. The minimum Gasteiger partial charge on any atom is -0.335 e. The van der Waals surface area contributed by atoms with Crippen molar-refractivity contribution in [1.29, 1.82) is 0 Å². The van der Waals surface area contributed by atoms with Crippen LogP contribution in [0.15, 0.2) is 42.3 Å². The van der Waals surface area contributed by atoms with E-state index in [1.807, 2.05) is 12.1 Å². The average molecular weight is 233 g/mol. The first-order chi connectivity index (χ1) is 7.83. The second-order valence-corrected chi connectivity index (χ2v) is 4.00. The van der Waals surface area contributed by atoms with Crippen molar-refractivity contribution in [3.8, 4) is 11.4 Å². The maximum atomic E-state index is 5.88. The Hall–Kier alpha value is -1.82. The number of thioether (sulfide) groups is 1. The Morgan fingerprint density at radius 3 is 3.06 bits per heavy atom. The van der Waals surface area contributed by atoms with Gasteiger partial charge in [-0.15, -0.1) is 16.8 Å². The fourth-order valence-corrected chi connectivity index (χ4v) is 1.79. The second-order valence-electron chi connectivity index (χ2n) is 3.02. The molecule has 2 heterocycles. The molecule has 0 amide bonds. The molecule has 0 aliphatic rings. The maximum Gasteiger partial charge on any atom is 0.210 e. The zero-order valence-corrected chi connectivity index (χ0v) is 9.39. The normalized spacial score (nSPS) is 10.2. The molecule has 16 heavy (non-hydrogen) atoms. The molecular weight excluding hydrogens is 222 g/mol. The molecule has 0 aromatic carbocycles. The first-order valence-electron chi connectivity index (χ1n) is 4.67. The van der Waals surface area contributed by atoms with Crippen molar-refractivity contribution in [1.82, 2.24) is 19.9 Å². The van der Waals surface area contributed by atoms with Crippen LogP contribution >= 0.6 is 11.8 Å². The summed E-state index contributed by atoms with van der Waals surface area (Å²) in [5.74, 6) is 7.25. The van der Waals surface area contributed by atoms with Gasteiger partial charge in [0.05, 0.1) is 0 Å². The summed E-state index contributed by atoms with van der Waals surface area (Å²) in [5.41, 5.74) is 0.850. The van der Waals surface area contributed by atoms with Crippen LogP contribution in [0, 0.1) is 0 Å². The van der Waals surface area contributed by atoms with E-state index < -0.39 is 0 Å². The second kappa shape index (κ2) is 4.80. The van der Waals surface area contributed by atoms with E-state index in [4.69, 9.17) is 5.84 Å². The highest BCUT2D eigenvalue weighted by Crippen LogP contribution is 2.20. The Morgan fingerprint density at radius 1 is 1.50 bits per heavy atom. The van der Waals surface area contributed by atoms with E-state index in [1.54, 1.807) is 18.5 Å².